The molecule has 1 fully saturated rings. The number of rotatable bonds is 3. The Bertz CT molecular complexity index is 1230. The molecule has 2 aliphatic heterocycles. The Morgan fingerprint density at radius 3 is 2.06 bits per heavy atom. The van der Waals surface area contributed by atoms with Gasteiger partial charge in [-0.2, -0.15) is 26.3 Å². The van der Waals surface area contributed by atoms with Crippen LogP contribution in [0.4, 0.5) is 36.4 Å². The molecule has 0 bridgehead atoms. The fourth-order valence-electron chi connectivity index (χ4n) is 5.17. The zero-order valence-corrected chi connectivity index (χ0v) is 21.4. The molecule has 192 valence electrons. The van der Waals surface area contributed by atoms with Gasteiger partial charge in [0.05, 0.1) is 10.9 Å². The Morgan fingerprint density at radius 2 is 1.51 bits per heavy atom. The van der Waals surface area contributed by atoms with Gasteiger partial charge in [-0.3, -0.25) is 4.90 Å². The largest absolute Gasteiger partial charge is 0.435 e. The number of alkyl halides is 7. The van der Waals surface area contributed by atoms with E-state index in [1.54, 1.807) is 19.2 Å². The Balaban J connectivity index is 1.98. The van der Waals surface area contributed by atoms with Gasteiger partial charge in [-0.25, -0.2) is 12.8 Å². The van der Waals surface area contributed by atoms with Crippen LogP contribution in [-0.4, -0.2) is 58.9 Å². The second-order valence-electron chi connectivity index (χ2n) is 8.86. The summed E-state index contributed by atoms with van der Waals surface area (Å²) in [5.41, 5.74) is -7.38. The minimum atomic E-state index is -6.27. The van der Waals surface area contributed by atoms with Crippen molar-refractivity contribution in [3.05, 3.63) is 57.2 Å². The van der Waals surface area contributed by atoms with Crippen LogP contribution in [0.15, 0.2) is 47.4 Å². The lowest BCUT2D eigenvalue weighted by atomic mass is 9.82. The molecule has 2 atom stereocenters. The molecule has 13 heteroatoms. The van der Waals surface area contributed by atoms with Crippen LogP contribution < -0.4 is 4.90 Å². The molecule has 2 aromatic rings. The van der Waals surface area contributed by atoms with E-state index in [0.29, 0.717) is 18.7 Å². The topological polar surface area (TPSA) is 40.6 Å². The molecule has 4 nitrogen and oxygen atoms in total. The maximum absolute atomic E-state index is 14.8. The summed E-state index contributed by atoms with van der Waals surface area (Å²) in [7, 11) is -1.02. The average Bonchev–Trinajstić information content (AvgIpc) is 3.10. The van der Waals surface area contributed by atoms with Gasteiger partial charge in [-0.1, -0.05) is 12.1 Å². The molecule has 0 aromatic heterocycles. The number of anilines is 1. The van der Waals surface area contributed by atoms with Gasteiger partial charge in [0, 0.05) is 35.0 Å². The van der Waals surface area contributed by atoms with E-state index in [1.165, 1.54) is 24.1 Å². The standard InChI is InChI=1S/C22H20F7IN2O2S/c1-31-10-9-19(35(33,34)15-6-4-14(30)5-7-15)16-8-3-13(11-17(16)32(2)12-18(19)31)20(23,21(24,25)26)22(27,28)29/h3-8,11,18H,9-10,12H2,1-2H3. The highest BCUT2D eigenvalue weighted by molar-refractivity contribution is 14.1. The number of benzene rings is 2. The normalized spacial score (nSPS) is 23.8. The predicted molar refractivity (Wildman–Crippen MR) is 124 cm³/mol. The molecular weight excluding hydrogens is 616 g/mol. The zero-order valence-electron chi connectivity index (χ0n) is 18.4. The Kier molecular flexibility index (Phi) is 6.20. The molecule has 2 aromatic carbocycles. The molecule has 35 heavy (non-hydrogen) atoms. The van der Waals surface area contributed by atoms with Crippen LogP contribution in [-0.2, 0) is 20.3 Å². The summed E-state index contributed by atoms with van der Waals surface area (Å²) in [5, 5.41) is 0. The van der Waals surface area contributed by atoms with Crippen LogP contribution in [0.25, 0.3) is 0 Å². The quantitative estimate of drug-likeness (QED) is 0.334. The molecule has 0 N–H and O–H groups in total. The highest BCUT2D eigenvalue weighted by Gasteiger charge is 2.74. The molecule has 2 unspecified atom stereocenters. The van der Waals surface area contributed by atoms with Crippen molar-refractivity contribution in [2.75, 3.05) is 32.1 Å². The number of hydrogen-bond acceptors (Lipinski definition) is 4. The lowest BCUT2D eigenvalue weighted by Gasteiger charge is -2.46. The number of likely N-dealkylation sites (N-methyl/N-ethyl adjacent to an activating group) is 2. The van der Waals surface area contributed by atoms with Crippen molar-refractivity contribution in [2.24, 2.45) is 0 Å². The summed E-state index contributed by atoms with van der Waals surface area (Å²) in [5.74, 6) is 0. The molecule has 0 spiro atoms. The van der Waals surface area contributed by atoms with Crippen molar-refractivity contribution >= 4 is 38.1 Å². The van der Waals surface area contributed by atoms with E-state index in [9.17, 15) is 39.2 Å². The number of likely N-dealkylation sites (tertiary alicyclic amines) is 1. The van der Waals surface area contributed by atoms with Gasteiger partial charge in [-0.05, 0) is 72.0 Å². The summed E-state index contributed by atoms with van der Waals surface area (Å²) in [6, 6.07) is 7.20. The monoisotopic (exact) mass is 636 g/mol. The number of nitrogens with zero attached hydrogens (tertiary/aromatic N) is 2. The highest BCUT2D eigenvalue weighted by atomic mass is 127. The van der Waals surface area contributed by atoms with E-state index in [4.69, 9.17) is 0 Å². The second kappa shape index (κ2) is 8.20. The third kappa shape index (κ3) is 3.66. The molecule has 0 saturated carbocycles. The van der Waals surface area contributed by atoms with E-state index >= 15 is 0 Å². The van der Waals surface area contributed by atoms with Crippen molar-refractivity contribution in [1.29, 1.82) is 0 Å². The minimum Gasteiger partial charge on any atom is -0.373 e. The first-order chi connectivity index (χ1) is 16.0. The van der Waals surface area contributed by atoms with Gasteiger partial charge in [0.1, 0.15) is 4.75 Å². The molecule has 0 radical (unpaired) electrons. The van der Waals surface area contributed by atoms with Crippen molar-refractivity contribution in [3.63, 3.8) is 0 Å². The molecule has 2 heterocycles. The van der Waals surface area contributed by atoms with Crippen LogP contribution in [0.1, 0.15) is 17.5 Å². The van der Waals surface area contributed by atoms with E-state index in [-0.39, 0.29) is 29.1 Å². The molecule has 1 saturated heterocycles. The van der Waals surface area contributed by atoms with Crippen LogP contribution >= 0.6 is 22.6 Å². The van der Waals surface area contributed by atoms with Crippen LogP contribution in [0, 0.1) is 3.57 Å². The van der Waals surface area contributed by atoms with Crippen LogP contribution in [0.2, 0.25) is 0 Å². The molecule has 0 amide bonds. The maximum Gasteiger partial charge on any atom is 0.435 e. The van der Waals surface area contributed by atoms with Crippen molar-refractivity contribution < 1.29 is 39.2 Å². The molecule has 4 rings (SSSR count). The van der Waals surface area contributed by atoms with Crippen molar-refractivity contribution in [3.8, 4) is 0 Å². The molecular formula is C22H20F7IN2O2S. The lowest BCUT2D eigenvalue weighted by molar-refractivity contribution is -0.348. The number of halogens is 8. The third-order valence-corrected chi connectivity index (χ3v) is 10.3. The summed E-state index contributed by atoms with van der Waals surface area (Å²) < 4.78 is 122. The van der Waals surface area contributed by atoms with E-state index in [0.717, 1.165) is 9.64 Å². The number of fused-ring (bicyclic) bond motifs is 3. The minimum absolute atomic E-state index is 0.00781. The Labute approximate surface area is 211 Å². The first kappa shape index (κ1) is 26.5. The summed E-state index contributed by atoms with van der Waals surface area (Å²) in [6.07, 6.45) is -12.5. The average molecular weight is 636 g/mol. The fraction of sp³-hybridized carbons (Fsp3) is 0.455. The van der Waals surface area contributed by atoms with Gasteiger partial charge in [0.25, 0.3) is 0 Å². The van der Waals surface area contributed by atoms with Crippen molar-refractivity contribution in [1.82, 2.24) is 4.90 Å². The Hall–Kier alpha value is -1.61. The molecule has 0 aliphatic carbocycles. The van der Waals surface area contributed by atoms with Gasteiger partial charge >= 0.3 is 18.0 Å². The second-order valence-corrected chi connectivity index (χ2v) is 12.3. The highest BCUT2D eigenvalue weighted by Crippen LogP contribution is 2.57. The first-order valence-electron chi connectivity index (χ1n) is 10.4. The van der Waals surface area contributed by atoms with E-state index in [1.807, 2.05) is 27.5 Å². The Morgan fingerprint density at radius 1 is 0.943 bits per heavy atom. The summed E-state index contributed by atoms with van der Waals surface area (Å²) >= 11 is 2.01. The van der Waals surface area contributed by atoms with Gasteiger partial charge in [0.2, 0.25) is 0 Å². The first-order valence-corrected chi connectivity index (χ1v) is 12.9. The fourth-order valence-corrected chi connectivity index (χ4v) is 7.88. The summed E-state index contributed by atoms with van der Waals surface area (Å²) in [6.45, 7) is 0.343. The zero-order chi connectivity index (χ0) is 26.2. The van der Waals surface area contributed by atoms with Crippen LogP contribution in [0.3, 0.4) is 0 Å². The van der Waals surface area contributed by atoms with Gasteiger partial charge < -0.3 is 4.90 Å². The number of sulfone groups is 1. The van der Waals surface area contributed by atoms with Gasteiger partial charge in [0.15, 0.2) is 9.84 Å². The smallest absolute Gasteiger partial charge is 0.373 e. The molecule has 2 aliphatic rings. The lowest BCUT2D eigenvalue weighted by Crippen LogP contribution is -2.56. The van der Waals surface area contributed by atoms with Gasteiger partial charge in [-0.15, -0.1) is 0 Å². The number of hydrogen-bond donors (Lipinski definition) is 0. The summed E-state index contributed by atoms with van der Waals surface area (Å²) in [4.78, 5) is 3.17. The van der Waals surface area contributed by atoms with Crippen molar-refractivity contribution in [2.45, 2.75) is 40.1 Å². The maximum atomic E-state index is 14.8. The SMILES string of the molecule is CN1CC2N(C)CCC2(S(=O)(=O)c2ccc(I)cc2)c2ccc(C(F)(C(F)(F)F)C(F)(F)F)cc21. The predicted octanol–water partition coefficient (Wildman–Crippen LogP) is 5.40. The third-order valence-electron chi connectivity index (χ3n) is 7.00. The van der Waals surface area contributed by atoms with E-state index < -0.39 is 44.2 Å². The van der Waals surface area contributed by atoms with Crippen LogP contribution in [0.5, 0.6) is 0 Å². The van der Waals surface area contributed by atoms with E-state index in [2.05, 4.69) is 0 Å².